The number of hydrogen-bond donors (Lipinski definition) is 2. The fourth-order valence-electron chi connectivity index (χ4n) is 3.46. The molecule has 2 aromatic carbocycles. The summed E-state index contributed by atoms with van der Waals surface area (Å²) in [6.07, 6.45) is 4.30. The van der Waals surface area contributed by atoms with Crippen LogP contribution >= 0.6 is 11.6 Å². The van der Waals surface area contributed by atoms with Crippen LogP contribution in [0.1, 0.15) is 48.5 Å². The number of fused-ring (bicyclic) bond motifs is 1. The molecular weight excluding hydrogens is 388 g/mol. The molecule has 5 nitrogen and oxygen atoms in total. The van der Waals surface area contributed by atoms with Gasteiger partial charge >= 0.3 is 5.97 Å². The molecule has 0 aliphatic rings. The predicted molar refractivity (Wildman–Crippen MR) is 116 cm³/mol. The van der Waals surface area contributed by atoms with E-state index in [1.165, 1.54) is 0 Å². The standard InChI is InChI=1S/C23H25ClN2O3/c1-16(5-2-3-8-21(27)28)25-23(29)20-7-4-6-18-13-14-26(22(18)20)15-17-9-11-19(24)12-10-17/h4,6-7,9-14,16H,2-3,5,8,15H2,1H3,(H,25,29)(H,27,28). The van der Waals surface area contributed by atoms with Crippen molar-refractivity contribution in [3.05, 3.63) is 70.9 Å². The van der Waals surface area contributed by atoms with Gasteiger partial charge in [0.25, 0.3) is 5.91 Å². The summed E-state index contributed by atoms with van der Waals surface area (Å²) in [7, 11) is 0. The molecule has 1 amide bonds. The van der Waals surface area contributed by atoms with E-state index >= 15 is 0 Å². The summed E-state index contributed by atoms with van der Waals surface area (Å²) in [5.74, 6) is -0.896. The molecule has 0 radical (unpaired) electrons. The van der Waals surface area contributed by atoms with Crippen molar-refractivity contribution >= 4 is 34.4 Å². The summed E-state index contributed by atoms with van der Waals surface area (Å²) in [5, 5.41) is 13.5. The van der Waals surface area contributed by atoms with Crippen molar-refractivity contribution in [2.45, 2.75) is 45.2 Å². The number of rotatable bonds is 9. The van der Waals surface area contributed by atoms with Crippen LogP contribution in [0.3, 0.4) is 0 Å². The molecule has 3 aromatic rings. The van der Waals surface area contributed by atoms with E-state index in [1.807, 2.05) is 61.7 Å². The van der Waals surface area contributed by atoms with Crippen molar-refractivity contribution < 1.29 is 14.7 Å². The van der Waals surface area contributed by atoms with E-state index in [0.717, 1.165) is 29.3 Å². The van der Waals surface area contributed by atoms with Crippen LogP contribution in [0, 0.1) is 0 Å². The fraction of sp³-hybridized carbons (Fsp3) is 0.304. The molecule has 2 N–H and O–H groups in total. The lowest BCUT2D eigenvalue weighted by Crippen LogP contribution is -2.32. The van der Waals surface area contributed by atoms with Gasteiger partial charge < -0.3 is 15.0 Å². The van der Waals surface area contributed by atoms with Gasteiger partial charge in [-0.15, -0.1) is 0 Å². The third kappa shape index (κ3) is 5.61. The smallest absolute Gasteiger partial charge is 0.303 e. The number of benzene rings is 2. The number of carbonyl (C=O) groups excluding carboxylic acids is 1. The summed E-state index contributed by atoms with van der Waals surface area (Å²) in [6, 6.07) is 15.4. The van der Waals surface area contributed by atoms with Gasteiger partial charge in [0, 0.05) is 35.6 Å². The second-order valence-corrected chi connectivity index (χ2v) is 7.76. The molecule has 152 valence electrons. The molecule has 0 aliphatic heterocycles. The summed E-state index contributed by atoms with van der Waals surface area (Å²) in [4.78, 5) is 23.5. The zero-order valence-corrected chi connectivity index (χ0v) is 17.2. The topological polar surface area (TPSA) is 71.3 Å². The Morgan fingerprint density at radius 3 is 2.59 bits per heavy atom. The predicted octanol–water partition coefficient (Wildman–Crippen LogP) is 5.11. The Balaban J connectivity index is 1.73. The zero-order chi connectivity index (χ0) is 20.8. The van der Waals surface area contributed by atoms with Crippen molar-refractivity contribution in [3.8, 4) is 0 Å². The highest BCUT2D eigenvalue weighted by Gasteiger charge is 2.15. The molecule has 1 unspecified atom stereocenters. The van der Waals surface area contributed by atoms with Crippen LogP contribution in [0.15, 0.2) is 54.7 Å². The Bertz CT molecular complexity index is 995. The van der Waals surface area contributed by atoms with Gasteiger partial charge in [-0.3, -0.25) is 9.59 Å². The van der Waals surface area contributed by atoms with Gasteiger partial charge in [-0.1, -0.05) is 42.3 Å². The van der Waals surface area contributed by atoms with Gasteiger partial charge in [-0.25, -0.2) is 0 Å². The normalized spacial score (nSPS) is 12.1. The molecule has 29 heavy (non-hydrogen) atoms. The van der Waals surface area contributed by atoms with Gasteiger partial charge in [0.1, 0.15) is 0 Å². The lowest BCUT2D eigenvalue weighted by molar-refractivity contribution is -0.137. The molecule has 6 heteroatoms. The highest BCUT2D eigenvalue weighted by atomic mass is 35.5. The maximum atomic E-state index is 12.9. The monoisotopic (exact) mass is 412 g/mol. The number of halogens is 1. The Morgan fingerprint density at radius 2 is 1.86 bits per heavy atom. The van der Waals surface area contributed by atoms with E-state index in [1.54, 1.807) is 0 Å². The first-order chi connectivity index (χ1) is 13.9. The number of nitrogens with one attached hydrogen (secondary N) is 1. The van der Waals surface area contributed by atoms with Crippen molar-refractivity contribution in [3.63, 3.8) is 0 Å². The molecule has 0 bridgehead atoms. The van der Waals surface area contributed by atoms with Crippen molar-refractivity contribution in [2.75, 3.05) is 0 Å². The molecule has 0 spiro atoms. The van der Waals surface area contributed by atoms with Crippen LogP contribution in [0.2, 0.25) is 5.02 Å². The second-order valence-electron chi connectivity index (χ2n) is 7.33. The average Bonchev–Trinajstić information content (AvgIpc) is 3.10. The van der Waals surface area contributed by atoms with Crippen LogP contribution in [-0.4, -0.2) is 27.6 Å². The van der Waals surface area contributed by atoms with Gasteiger partial charge in [0.2, 0.25) is 0 Å². The SMILES string of the molecule is CC(CCCCC(=O)O)NC(=O)c1cccc2ccn(Cc3ccc(Cl)cc3)c12. The molecule has 1 heterocycles. The number of aliphatic carboxylic acids is 1. The maximum Gasteiger partial charge on any atom is 0.303 e. The molecule has 0 saturated carbocycles. The van der Waals surface area contributed by atoms with Gasteiger partial charge in [0.15, 0.2) is 0 Å². The zero-order valence-electron chi connectivity index (χ0n) is 16.4. The Kier molecular flexibility index (Phi) is 6.94. The Morgan fingerprint density at radius 1 is 1.10 bits per heavy atom. The van der Waals surface area contributed by atoms with Gasteiger partial charge in [-0.05, 0) is 49.6 Å². The van der Waals surface area contributed by atoms with Crippen LogP contribution < -0.4 is 5.32 Å². The summed E-state index contributed by atoms with van der Waals surface area (Å²) < 4.78 is 2.07. The van der Waals surface area contributed by atoms with E-state index < -0.39 is 5.97 Å². The summed E-state index contributed by atoms with van der Waals surface area (Å²) in [6.45, 7) is 2.60. The lowest BCUT2D eigenvalue weighted by atomic mass is 10.1. The summed E-state index contributed by atoms with van der Waals surface area (Å²) >= 11 is 5.98. The minimum atomic E-state index is -0.783. The van der Waals surface area contributed by atoms with Crippen LogP contribution in [0.5, 0.6) is 0 Å². The second kappa shape index (κ2) is 9.61. The van der Waals surface area contributed by atoms with E-state index in [9.17, 15) is 9.59 Å². The number of aromatic nitrogens is 1. The number of para-hydroxylation sites is 1. The largest absolute Gasteiger partial charge is 0.481 e. The first-order valence-electron chi connectivity index (χ1n) is 9.79. The first-order valence-corrected chi connectivity index (χ1v) is 10.2. The lowest BCUT2D eigenvalue weighted by Gasteiger charge is -2.15. The minimum Gasteiger partial charge on any atom is -0.481 e. The van der Waals surface area contributed by atoms with Crippen LogP contribution in [-0.2, 0) is 11.3 Å². The molecule has 0 saturated heterocycles. The van der Waals surface area contributed by atoms with Crippen LogP contribution in [0.25, 0.3) is 10.9 Å². The third-order valence-corrected chi connectivity index (χ3v) is 5.21. The highest BCUT2D eigenvalue weighted by molar-refractivity contribution is 6.30. The number of nitrogens with zero attached hydrogens (tertiary/aromatic N) is 1. The Labute approximate surface area is 175 Å². The first kappa shape index (κ1) is 20.9. The number of hydrogen-bond acceptors (Lipinski definition) is 2. The van der Waals surface area contributed by atoms with Crippen LogP contribution in [0.4, 0.5) is 0 Å². The summed E-state index contributed by atoms with van der Waals surface area (Å²) in [5.41, 5.74) is 2.64. The highest BCUT2D eigenvalue weighted by Crippen LogP contribution is 2.22. The molecule has 1 aromatic heterocycles. The molecule has 0 fully saturated rings. The van der Waals surface area contributed by atoms with Gasteiger partial charge in [0.05, 0.1) is 11.1 Å². The van der Waals surface area contributed by atoms with Crippen molar-refractivity contribution in [1.29, 1.82) is 0 Å². The maximum absolute atomic E-state index is 12.9. The molecule has 3 rings (SSSR count). The third-order valence-electron chi connectivity index (χ3n) is 4.95. The minimum absolute atomic E-state index is 0.0220. The van der Waals surface area contributed by atoms with E-state index in [2.05, 4.69) is 9.88 Å². The number of amides is 1. The van der Waals surface area contributed by atoms with E-state index in [-0.39, 0.29) is 18.4 Å². The molecular formula is C23H25ClN2O3. The van der Waals surface area contributed by atoms with Gasteiger partial charge in [-0.2, -0.15) is 0 Å². The van der Waals surface area contributed by atoms with Crippen molar-refractivity contribution in [2.24, 2.45) is 0 Å². The fourth-order valence-corrected chi connectivity index (χ4v) is 3.59. The number of carboxylic acid groups (broad SMARTS) is 1. The quantitative estimate of drug-likeness (QED) is 0.480. The average molecular weight is 413 g/mol. The van der Waals surface area contributed by atoms with Crippen molar-refractivity contribution in [1.82, 2.24) is 9.88 Å². The number of carbonyl (C=O) groups is 2. The molecule has 1 atom stereocenters. The Hall–Kier alpha value is -2.79. The van der Waals surface area contributed by atoms with E-state index in [0.29, 0.717) is 23.6 Å². The number of unbranched alkanes of at least 4 members (excludes halogenated alkanes) is 1. The number of carboxylic acids is 1. The van der Waals surface area contributed by atoms with E-state index in [4.69, 9.17) is 16.7 Å². The molecule has 0 aliphatic carbocycles.